The molecular formula is C20H23NO5. The topological polar surface area (TPSA) is 84.9 Å². The number of carbonyl (C=O) groups excluding carboxylic acids is 1. The van der Waals surface area contributed by atoms with Crippen LogP contribution in [-0.2, 0) is 17.6 Å². The minimum atomic E-state index is -0.954. The average molecular weight is 357 g/mol. The van der Waals surface area contributed by atoms with Crippen molar-refractivity contribution in [2.45, 2.75) is 19.3 Å². The van der Waals surface area contributed by atoms with Crippen molar-refractivity contribution in [1.29, 1.82) is 0 Å². The zero-order valence-electron chi connectivity index (χ0n) is 15.0. The van der Waals surface area contributed by atoms with Crippen LogP contribution in [0.25, 0.3) is 0 Å². The Morgan fingerprint density at radius 3 is 2.27 bits per heavy atom. The van der Waals surface area contributed by atoms with Crippen LogP contribution in [0.2, 0.25) is 0 Å². The second kappa shape index (κ2) is 9.46. The Bertz CT molecular complexity index is 750. The standard InChI is InChI=1S/C20H23NO5/c1-25-17-11-15(12-18(13-17)26-2)6-7-19(22)21-9-8-14-4-3-5-16(10-14)20(23)24/h3-5,10-13H,6-9H2,1-2H3,(H,21,22)(H,23,24). The minimum Gasteiger partial charge on any atom is -0.497 e. The van der Waals surface area contributed by atoms with Gasteiger partial charge in [-0.3, -0.25) is 4.79 Å². The van der Waals surface area contributed by atoms with Crippen LogP contribution in [0.3, 0.4) is 0 Å². The van der Waals surface area contributed by atoms with E-state index < -0.39 is 5.97 Å². The monoisotopic (exact) mass is 357 g/mol. The third-order valence-electron chi connectivity index (χ3n) is 3.96. The van der Waals surface area contributed by atoms with Crippen LogP contribution >= 0.6 is 0 Å². The molecule has 0 aliphatic carbocycles. The average Bonchev–Trinajstić information content (AvgIpc) is 2.66. The summed E-state index contributed by atoms with van der Waals surface area (Å²) in [5.74, 6) is 0.377. The number of aryl methyl sites for hydroxylation is 1. The molecular weight excluding hydrogens is 334 g/mol. The van der Waals surface area contributed by atoms with Crippen LogP contribution in [0.4, 0.5) is 0 Å². The second-order valence-electron chi connectivity index (χ2n) is 5.83. The van der Waals surface area contributed by atoms with E-state index in [0.29, 0.717) is 37.3 Å². The lowest BCUT2D eigenvalue weighted by molar-refractivity contribution is -0.121. The first-order valence-corrected chi connectivity index (χ1v) is 8.32. The predicted molar refractivity (Wildman–Crippen MR) is 98.0 cm³/mol. The summed E-state index contributed by atoms with van der Waals surface area (Å²) in [6, 6.07) is 12.3. The summed E-state index contributed by atoms with van der Waals surface area (Å²) in [6.07, 6.45) is 1.51. The first kappa shape index (κ1) is 19.3. The van der Waals surface area contributed by atoms with Crippen LogP contribution in [0, 0.1) is 0 Å². The molecule has 0 saturated heterocycles. The number of carboxylic acid groups (broad SMARTS) is 1. The van der Waals surface area contributed by atoms with E-state index in [1.807, 2.05) is 18.2 Å². The molecule has 0 fully saturated rings. The van der Waals surface area contributed by atoms with Gasteiger partial charge >= 0.3 is 5.97 Å². The highest BCUT2D eigenvalue weighted by Gasteiger charge is 2.07. The number of amides is 1. The fourth-order valence-electron chi connectivity index (χ4n) is 2.56. The van der Waals surface area contributed by atoms with Gasteiger partial charge in [-0.2, -0.15) is 0 Å². The molecule has 0 saturated carbocycles. The summed E-state index contributed by atoms with van der Waals surface area (Å²) in [6.45, 7) is 0.462. The summed E-state index contributed by atoms with van der Waals surface area (Å²) in [5.41, 5.74) is 2.09. The van der Waals surface area contributed by atoms with E-state index in [1.54, 1.807) is 38.5 Å². The van der Waals surface area contributed by atoms with Gasteiger partial charge in [-0.05, 0) is 48.2 Å². The van der Waals surface area contributed by atoms with Gasteiger partial charge < -0.3 is 19.9 Å². The number of carboxylic acids is 1. The Morgan fingerprint density at radius 1 is 0.962 bits per heavy atom. The summed E-state index contributed by atoms with van der Waals surface area (Å²) >= 11 is 0. The van der Waals surface area contributed by atoms with Crippen LogP contribution in [-0.4, -0.2) is 37.7 Å². The Hall–Kier alpha value is -3.02. The molecule has 0 spiro atoms. The third-order valence-corrected chi connectivity index (χ3v) is 3.96. The number of methoxy groups -OCH3 is 2. The van der Waals surface area contributed by atoms with E-state index in [-0.39, 0.29) is 11.5 Å². The molecule has 0 aliphatic heterocycles. The Balaban J connectivity index is 1.81. The SMILES string of the molecule is COc1cc(CCC(=O)NCCc2cccc(C(=O)O)c2)cc(OC)c1. The number of benzene rings is 2. The number of hydrogen-bond donors (Lipinski definition) is 2. The summed E-state index contributed by atoms with van der Waals surface area (Å²) in [7, 11) is 3.18. The second-order valence-corrected chi connectivity index (χ2v) is 5.83. The number of ether oxygens (including phenoxy) is 2. The van der Waals surface area contributed by atoms with Crippen molar-refractivity contribution < 1.29 is 24.2 Å². The predicted octanol–water partition coefficient (Wildman–Crippen LogP) is 2.69. The molecule has 0 heterocycles. The van der Waals surface area contributed by atoms with Gasteiger partial charge in [0.25, 0.3) is 0 Å². The van der Waals surface area contributed by atoms with E-state index in [0.717, 1.165) is 11.1 Å². The van der Waals surface area contributed by atoms with E-state index in [4.69, 9.17) is 14.6 Å². The van der Waals surface area contributed by atoms with E-state index in [2.05, 4.69) is 5.32 Å². The van der Waals surface area contributed by atoms with Crippen molar-refractivity contribution in [3.8, 4) is 11.5 Å². The number of aromatic carboxylic acids is 1. The fraction of sp³-hybridized carbons (Fsp3) is 0.300. The molecule has 0 aromatic heterocycles. The lowest BCUT2D eigenvalue weighted by atomic mass is 10.1. The number of nitrogens with one attached hydrogen (secondary N) is 1. The molecule has 6 heteroatoms. The molecule has 2 aromatic rings. The molecule has 0 unspecified atom stereocenters. The zero-order valence-corrected chi connectivity index (χ0v) is 15.0. The van der Waals surface area contributed by atoms with Gasteiger partial charge in [-0.1, -0.05) is 12.1 Å². The Morgan fingerprint density at radius 2 is 1.65 bits per heavy atom. The van der Waals surface area contributed by atoms with Gasteiger partial charge in [0.2, 0.25) is 5.91 Å². The van der Waals surface area contributed by atoms with Crippen molar-refractivity contribution >= 4 is 11.9 Å². The van der Waals surface area contributed by atoms with Crippen molar-refractivity contribution in [3.05, 3.63) is 59.2 Å². The smallest absolute Gasteiger partial charge is 0.335 e. The number of rotatable bonds is 9. The van der Waals surface area contributed by atoms with Gasteiger partial charge in [0.15, 0.2) is 0 Å². The summed E-state index contributed by atoms with van der Waals surface area (Å²) in [5, 5.41) is 11.8. The maximum absolute atomic E-state index is 12.0. The molecule has 6 nitrogen and oxygen atoms in total. The quantitative estimate of drug-likeness (QED) is 0.721. The summed E-state index contributed by atoms with van der Waals surface area (Å²) < 4.78 is 10.4. The van der Waals surface area contributed by atoms with Gasteiger partial charge in [0, 0.05) is 19.0 Å². The highest BCUT2D eigenvalue weighted by Crippen LogP contribution is 2.23. The molecule has 2 rings (SSSR count). The molecule has 0 atom stereocenters. The van der Waals surface area contributed by atoms with Gasteiger partial charge in [0.05, 0.1) is 19.8 Å². The number of carbonyl (C=O) groups is 2. The fourth-order valence-corrected chi connectivity index (χ4v) is 2.56. The highest BCUT2D eigenvalue weighted by atomic mass is 16.5. The molecule has 2 aromatic carbocycles. The Labute approximate surface area is 152 Å². The van der Waals surface area contributed by atoms with Gasteiger partial charge in [-0.15, -0.1) is 0 Å². The van der Waals surface area contributed by atoms with Crippen molar-refractivity contribution in [2.75, 3.05) is 20.8 Å². The van der Waals surface area contributed by atoms with E-state index in [9.17, 15) is 9.59 Å². The summed E-state index contributed by atoms with van der Waals surface area (Å²) in [4.78, 5) is 23.0. The highest BCUT2D eigenvalue weighted by molar-refractivity contribution is 5.87. The van der Waals surface area contributed by atoms with E-state index in [1.165, 1.54) is 0 Å². The first-order chi connectivity index (χ1) is 12.5. The molecule has 0 radical (unpaired) electrons. The molecule has 2 N–H and O–H groups in total. The largest absolute Gasteiger partial charge is 0.497 e. The van der Waals surface area contributed by atoms with Gasteiger partial charge in [-0.25, -0.2) is 4.79 Å². The van der Waals surface area contributed by atoms with E-state index >= 15 is 0 Å². The molecule has 138 valence electrons. The minimum absolute atomic E-state index is 0.0545. The zero-order chi connectivity index (χ0) is 18.9. The third kappa shape index (κ3) is 5.81. The molecule has 26 heavy (non-hydrogen) atoms. The van der Waals surface area contributed by atoms with Gasteiger partial charge in [0.1, 0.15) is 11.5 Å². The molecule has 1 amide bonds. The number of hydrogen-bond acceptors (Lipinski definition) is 4. The maximum atomic E-state index is 12.0. The van der Waals surface area contributed by atoms with Crippen molar-refractivity contribution in [1.82, 2.24) is 5.32 Å². The lowest BCUT2D eigenvalue weighted by Crippen LogP contribution is -2.25. The normalized spacial score (nSPS) is 10.2. The van der Waals surface area contributed by atoms with Crippen LogP contribution in [0.1, 0.15) is 27.9 Å². The maximum Gasteiger partial charge on any atom is 0.335 e. The first-order valence-electron chi connectivity index (χ1n) is 8.32. The molecule has 0 bridgehead atoms. The van der Waals surface area contributed by atoms with Crippen molar-refractivity contribution in [3.63, 3.8) is 0 Å². The lowest BCUT2D eigenvalue weighted by Gasteiger charge is -2.09. The van der Waals surface area contributed by atoms with Crippen LogP contribution < -0.4 is 14.8 Å². The van der Waals surface area contributed by atoms with Crippen LogP contribution in [0.5, 0.6) is 11.5 Å². The Kier molecular flexibility index (Phi) is 7.02. The van der Waals surface area contributed by atoms with Crippen molar-refractivity contribution in [2.24, 2.45) is 0 Å². The molecule has 0 aliphatic rings. The van der Waals surface area contributed by atoms with Crippen LogP contribution in [0.15, 0.2) is 42.5 Å².